The maximum atomic E-state index is 15.2. The molecule has 1 saturated heterocycles. The molecule has 11 heteroatoms. The SMILES string of the molecule is CCN/C(=C\C(N)=N\c1cc2cc(-c3cnc4c(c3C)NCCO4)c(F)cc2cn1)CCN(C=O)C1CCNCC1. The third-order valence-electron chi connectivity index (χ3n) is 7.55. The summed E-state index contributed by atoms with van der Waals surface area (Å²) in [6, 6.07) is 5.31. The molecule has 0 aliphatic carbocycles. The maximum Gasteiger partial charge on any atom is 0.237 e. The van der Waals surface area contributed by atoms with Crippen molar-refractivity contribution in [2.75, 3.05) is 44.6 Å². The minimum absolute atomic E-state index is 0.254. The second-order valence-corrected chi connectivity index (χ2v) is 10.3. The third-order valence-corrected chi connectivity index (χ3v) is 7.55. The number of halogens is 1. The van der Waals surface area contributed by atoms with Crippen LogP contribution in [0.25, 0.3) is 21.9 Å². The molecule has 5 rings (SSSR count). The van der Waals surface area contributed by atoms with Crippen molar-refractivity contribution in [2.24, 2.45) is 10.7 Å². The zero-order chi connectivity index (χ0) is 28.8. The molecule has 2 aliphatic rings. The summed E-state index contributed by atoms with van der Waals surface area (Å²) in [7, 11) is 0. The molecule has 0 bridgehead atoms. The highest BCUT2D eigenvalue weighted by Gasteiger charge is 2.20. The Labute approximate surface area is 239 Å². The van der Waals surface area contributed by atoms with Gasteiger partial charge in [-0.25, -0.2) is 19.4 Å². The molecule has 3 aromatic rings. The lowest BCUT2D eigenvalue weighted by Crippen LogP contribution is -2.43. The van der Waals surface area contributed by atoms with E-state index in [2.05, 4.69) is 30.9 Å². The number of nitrogens with zero attached hydrogens (tertiary/aromatic N) is 4. The molecule has 216 valence electrons. The summed E-state index contributed by atoms with van der Waals surface area (Å²) in [5, 5.41) is 11.4. The zero-order valence-corrected chi connectivity index (χ0v) is 23.5. The number of carbonyl (C=O) groups is 1. The van der Waals surface area contributed by atoms with Gasteiger partial charge in [-0.05, 0) is 75.0 Å². The number of amides is 1. The molecular formula is C30H37FN8O2. The van der Waals surface area contributed by atoms with Gasteiger partial charge in [0.1, 0.15) is 23.9 Å². The number of nitrogens with two attached hydrogens (primary N) is 1. The lowest BCUT2D eigenvalue weighted by atomic mass is 9.98. The van der Waals surface area contributed by atoms with E-state index < -0.39 is 0 Å². The van der Waals surface area contributed by atoms with E-state index in [0.717, 1.165) is 54.7 Å². The fourth-order valence-corrected chi connectivity index (χ4v) is 5.41. The number of hydrogen-bond acceptors (Lipinski definition) is 8. The van der Waals surface area contributed by atoms with Crippen LogP contribution < -0.4 is 26.4 Å². The van der Waals surface area contributed by atoms with Gasteiger partial charge in [0.15, 0.2) is 5.82 Å². The molecule has 1 fully saturated rings. The quantitative estimate of drug-likeness (QED) is 0.168. The van der Waals surface area contributed by atoms with Gasteiger partial charge in [-0.15, -0.1) is 0 Å². The summed E-state index contributed by atoms with van der Waals surface area (Å²) in [5.41, 5.74) is 9.99. The van der Waals surface area contributed by atoms with E-state index in [1.54, 1.807) is 30.6 Å². The second-order valence-electron chi connectivity index (χ2n) is 10.3. The number of carbonyl (C=O) groups excluding carboxylic acids is 1. The number of pyridine rings is 2. The molecule has 1 aromatic carbocycles. The average molecular weight is 561 g/mol. The van der Waals surface area contributed by atoms with E-state index in [4.69, 9.17) is 10.5 Å². The maximum absolute atomic E-state index is 15.2. The number of hydrogen-bond donors (Lipinski definition) is 4. The van der Waals surface area contributed by atoms with Crippen molar-refractivity contribution in [3.8, 4) is 17.0 Å². The molecular weight excluding hydrogens is 523 g/mol. The second kappa shape index (κ2) is 12.9. The Bertz CT molecular complexity index is 1470. The van der Waals surface area contributed by atoms with E-state index >= 15 is 4.39 Å². The Hall–Kier alpha value is -4.25. The van der Waals surface area contributed by atoms with Crippen molar-refractivity contribution >= 4 is 34.5 Å². The summed E-state index contributed by atoms with van der Waals surface area (Å²) in [6.45, 7) is 8.32. The summed E-state index contributed by atoms with van der Waals surface area (Å²) in [6.07, 6.45) is 8.51. The Kier molecular flexibility index (Phi) is 8.93. The van der Waals surface area contributed by atoms with Crippen LogP contribution in [0.3, 0.4) is 0 Å². The van der Waals surface area contributed by atoms with E-state index in [1.165, 1.54) is 6.07 Å². The van der Waals surface area contributed by atoms with Gasteiger partial charge >= 0.3 is 0 Å². The molecule has 0 spiro atoms. The van der Waals surface area contributed by atoms with Gasteiger partial charge in [0, 0.05) is 66.7 Å². The fourth-order valence-electron chi connectivity index (χ4n) is 5.41. The van der Waals surface area contributed by atoms with Gasteiger partial charge in [-0.3, -0.25) is 4.79 Å². The van der Waals surface area contributed by atoms with Crippen molar-refractivity contribution in [3.05, 3.63) is 53.7 Å². The number of amidine groups is 1. The van der Waals surface area contributed by atoms with Crippen LogP contribution in [0.15, 0.2) is 47.4 Å². The highest BCUT2D eigenvalue weighted by atomic mass is 19.1. The molecule has 4 heterocycles. The first-order valence-electron chi connectivity index (χ1n) is 14.1. The van der Waals surface area contributed by atoms with Gasteiger partial charge in [0.25, 0.3) is 0 Å². The van der Waals surface area contributed by atoms with Crippen molar-refractivity contribution in [1.82, 2.24) is 25.5 Å². The van der Waals surface area contributed by atoms with Gasteiger partial charge < -0.3 is 31.3 Å². The fraction of sp³-hybridized carbons (Fsp3) is 0.400. The Morgan fingerprint density at radius 3 is 2.80 bits per heavy atom. The molecule has 1 amide bonds. The van der Waals surface area contributed by atoms with Gasteiger partial charge in [-0.1, -0.05) is 0 Å². The number of fused-ring (bicyclic) bond motifs is 2. The van der Waals surface area contributed by atoms with E-state index in [-0.39, 0.29) is 17.7 Å². The van der Waals surface area contributed by atoms with Crippen molar-refractivity contribution in [2.45, 2.75) is 39.2 Å². The monoisotopic (exact) mass is 560 g/mol. The van der Waals surface area contributed by atoms with E-state index in [1.807, 2.05) is 18.7 Å². The van der Waals surface area contributed by atoms with Crippen LogP contribution in [-0.2, 0) is 4.79 Å². The molecule has 41 heavy (non-hydrogen) atoms. The highest BCUT2D eigenvalue weighted by Crippen LogP contribution is 2.37. The first-order valence-corrected chi connectivity index (χ1v) is 14.1. The first kappa shape index (κ1) is 28.3. The van der Waals surface area contributed by atoms with Crippen molar-refractivity contribution < 1.29 is 13.9 Å². The third kappa shape index (κ3) is 6.57. The number of rotatable bonds is 10. The molecule has 0 atom stereocenters. The molecule has 5 N–H and O–H groups in total. The van der Waals surface area contributed by atoms with Crippen LogP contribution in [0.5, 0.6) is 5.88 Å². The van der Waals surface area contributed by atoms with Gasteiger partial charge in [0.05, 0.1) is 0 Å². The van der Waals surface area contributed by atoms with Crippen LogP contribution in [0.1, 0.15) is 31.7 Å². The normalized spacial score (nSPS) is 16.1. The molecule has 2 aliphatic heterocycles. The van der Waals surface area contributed by atoms with Crippen molar-refractivity contribution in [3.63, 3.8) is 0 Å². The Balaban J connectivity index is 1.37. The van der Waals surface area contributed by atoms with E-state index in [9.17, 15) is 4.79 Å². The predicted octanol–water partition coefficient (Wildman–Crippen LogP) is 3.63. The minimum Gasteiger partial charge on any atom is -0.474 e. The highest BCUT2D eigenvalue weighted by molar-refractivity contribution is 5.95. The predicted molar refractivity (Wildman–Crippen MR) is 160 cm³/mol. The number of anilines is 1. The molecule has 0 unspecified atom stereocenters. The van der Waals surface area contributed by atoms with Crippen LogP contribution in [0, 0.1) is 12.7 Å². The van der Waals surface area contributed by atoms with E-state index in [0.29, 0.717) is 60.9 Å². The van der Waals surface area contributed by atoms with Crippen LogP contribution in [0.2, 0.25) is 0 Å². The van der Waals surface area contributed by atoms with Crippen LogP contribution in [0.4, 0.5) is 15.9 Å². The van der Waals surface area contributed by atoms with Crippen molar-refractivity contribution in [1.29, 1.82) is 0 Å². The summed E-state index contributed by atoms with van der Waals surface area (Å²) < 4.78 is 20.8. The number of nitrogens with one attached hydrogen (secondary N) is 3. The first-order chi connectivity index (χ1) is 20.0. The number of benzene rings is 1. The Morgan fingerprint density at radius 1 is 1.20 bits per heavy atom. The lowest BCUT2D eigenvalue weighted by Gasteiger charge is -2.32. The number of ether oxygens (including phenoxy) is 1. The molecule has 0 saturated carbocycles. The largest absolute Gasteiger partial charge is 0.474 e. The summed E-state index contributed by atoms with van der Waals surface area (Å²) in [5.74, 6) is 0.878. The summed E-state index contributed by atoms with van der Waals surface area (Å²) >= 11 is 0. The standard InChI is InChI=1S/C30H37FN8O2/c1-3-34-22(6-10-39(18-40)23-4-7-33-8-5-23)15-27(32)38-28-14-20-12-24(26(31)13-21(20)16-36-28)25-17-37-30-29(19(25)2)35-9-11-41-30/h12-18,23,33-35H,3-11H2,1-2H3,(H2,32,36,38)/b22-15-. The molecule has 2 aromatic heterocycles. The van der Waals surface area contributed by atoms with Crippen LogP contribution >= 0.6 is 0 Å². The smallest absolute Gasteiger partial charge is 0.237 e. The zero-order valence-electron chi connectivity index (χ0n) is 23.5. The molecule has 0 radical (unpaired) electrons. The molecule has 10 nitrogen and oxygen atoms in total. The number of piperidine rings is 1. The topological polar surface area (TPSA) is 130 Å². The number of aliphatic imine (C=N–C) groups is 1. The van der Waals surface area contributed by atoms with Gasteiger partial charge in [0.2, 0.25) is 12.3 Å². The lowest BCUT2D eigenvalue weighted by molar-refractivity contribution is -0.120. The minimum atomic E-state index is -0.358. The number of aromatic nitrogens is 2. The summed E-state index contributed by atoms with van der Waals surface area (Å²) in [4.78, 5) is 26.9. The van der Waals surface area contributed by atoms with Crippen LogP contribution in [-0.4, -0.2) is 72.5 Å². The average Bonchev–Trinajstić information content (AvgIpc) is 2.98. The Morgan fingerprint density at radius 2 is 2.02 bits per heavy atom. The van der Waals surface area contributed by atoms with Gasteiger partial charge in [-0.2, -0.15) is 0 Å².